The Labute approximate surface area is 69.1 Å². The highest BCUT2D eigenvalue weighted by Crippen LogP contribution is 2.03. The van der Waals surface area contributed by atoms with Crippen LogP contribution in [0.25, 0.3) is 0 Å². The van der Waals surface area contributed by atoms with Gasteiger partial charge in [-0.25, -0.2) is 0 Å². The molecule has 62 valence electrons. The maximum absolute atomic E-state index is 8.08. The van der Waals surface area contributed by atoms with Crippen LogP contribution >= 0.6 is 0 Å². The van der Waals surface area contributed by atoms with Crippen LogP contribution in [0.1, 0.15) is 6.92 Å². The summed E-state index contributed by atoms with van der Waals surface area (Å²) in [5.74, 6) is 0. The quantitative estimate of drug-likeness (QED) is 0.437. The molecule has 0 amide bonds. The van der Waals surface area contributed by atoms with Gasteiger partial charge in [0.25, 0.3) is 18.8 Å². The van der Waals surface area contributed by atoms with Gasteiger partial charge in [0.15, 0.2) is 6.10 Å². The molecule has 0 spiro atoms. The molecule has 0 aromatic rings. The van der Waals surface area contributed by atoms with Crippen LogP contribution in [0.15, 0.2) is 0 Å². The van der Waals surface area contributed by atoms with Gasteiger partial charge in [-0.05, 0) is 6.92 Å². The largest absolute Gasteiger partial charge is 0.416 e. The van der Waals surface area contributed by atoms with Crippen LogP contribution in [0.4, 0.5) is 0 Å². The third-order valence-electron chi connectivity index (χ3n) is 0.960. The lowest BCUT2D eigenvalue weighted by Crippen LogP contribution is -2.28. The molecule has 0 aromatic heterocycles. The summed E-state index contributed by atoms with van der Waals surface area (Å²) in [4.78, 5) is 0. The Morgan fingerprint density at radius 2 is 1.33 bits per heavy atom. The lowest BCUT2D eigenvalue weighted by molar-refractivity contribution is -0.114. The molecule has 0 saturated carbocycles. The predicted molar refractivity (Wildman–Crippen MR) is 33.3 cm³/mol. The Morgan fingerprint density at radius 3 is 1.67 bits per heavy atom. The molecule has 0 heterocycles. The van der Waals surface area contributed by atoms with Crippen LogP contribution in [-0.4, -0.2) is 12.4 Å². The van der Waals surface area contributed by atoms with Crippen LogP contribution < -0.4 is 0 Å². The molecule has 0 fully saturated rings. The molecule has 0 aromatic carbocycles. The van der Waals surface area contributed by atoms with E-state index in [9.17, 15) is 0 Å². The molecule has 1 unspecified atom stereocenters. The highest BCUT2D eigenvalue weighted by molar-refractivity contribution is 4.68. The van der Waals surface area contributed by atoms with E-state index in [1.165, 1.54) is 25.7 Å². The highest BCUT2D eigenvalue weighted by atomic mass is 16.7. The third-order valence-corrected chi connectivity index (χ3v) is 0.960. The number of nitrogens with zero attached hydrogens (tertiary/aromatic N) is 3. The minimum absolute atomic E-state index is 0.797. The van der Waals surface area contributed by atoms with E-state index in [4.69, 9.17) is 15.8 Å². The minimum atomic E-state index is -1.17. The smallest absolute Gasteiger partial charge is 0.302 e. The van der Waals surface area contributed by atoms with Crippen molar-refractivity contribution in [1.29, 1.82) is 15.8 Å². The molecule has 1 atom stereocenters. The monoisotopic (exact) mass is 167 g/mol. The molecular weight excluding hydrogens is 162 g/mol. The Kier molecular flexibility index (Phi) is 4.64. The zero-order chi connectivity index (χ0) is 9.40. The zero-order valence-corrected chi connectivity index (χ0v) is 6.22. The van der Waals surface area contributed by atoms with Crippen molar-refractivity contribution in [2.75, 3.05) is 0 Å². The summed E-state index contributed by atoms with van der Waals surface area (Å²) in [5.41, 5.74) is 0. The first kappa shape index (κ1) is 9.87. The van der Waals surface area contributed by atoms with E-state index in [1.807, 2.05) is 0 Å². The fourth-order valence-electron chi connectivity index (χ4n) is 0.458. The van der Waals surface area contributed by atoms with Gasteiger partial charge in [0.1, 0.15) is 0 Å². The third kappa shape index (κ3) is 3.14. The van der Waals surface area contributed by atoms with E-state index < -0.39 is 12.4 Å². The van der Waals surface area contributed by atoms with Crippen molar-refractivity contribution in [3.05, 3.63) is 0 Å². The SMILES string of the molecule is CC(OC#N)C(OC#N)OC#N. The van der Waals surface area contributed by atoms with Gasteiger partial charge in [-0.3, -0.25) is 0 Å². The molecule has 6 heteroatoms. The predicted octanol–water partition coefficient (Wildman–Crippen LogP) is 0.194. The molecule has 0 bridgehead atoms. The Balaban J connectivity index is 4.04. The number of nitriles is 3. The first-order valence-electron chi connectivity index (χ1n) is 2.90. The maximum Gasteiger partial charge on any atom is 0.302 e. The fraction of sp³-hybridized carbons (Fsp3) is 0.500. The van der Waals surface area contributed by atoms with E-state index in [-0.39, 0.29) is 0 Å². The lowest BCUT2D eigenvalue weighted by Gasteiger charge is -2.14. The average Bonchev–Trinajstić information content (AvgIpc) is 2.04. The Morgan fingerprint density at radius 1 is 0.917 bits per heavy atom. The topological polar surface area (TPSA) is 99.1 Å². The molecule has 0 radical (unpaired) electrons. The summed E-state index contributed by atoms with van der Waals surface area (Å²) in [6, 6.07) is 0. The molecule has 0 aliphatic rings. The first-order valence-corrected chi connectivity index (χ1v) is 2.90. The van der Waals surface area contributed by atoms with Gasteiger partial charge in [0, 0.05) is 0 Å². The maximum atomic E-state index is 8.08. The summed E-state index contributed by atoms with van der Waals surface area (Å²) in [7, 11) is 0. The van der Waals surface area contributed by atoms with Crippen molar-refractivity contribution in [3.63, 3.8) is 0 Å². The second-order valence-corrected chi connectivity index (χ2v) is 1.70. The minimum Gasteiger partial charge on any atom is -0.416 e. The van der Waals surface area contributed by atoms with Gasteiger partial charge >= 0.3 is 6.29 Å². The Hall–Kier alpha value is -2.13. The Bertz CT molecular complexity index is 230. The molecule has 0 rings (SSSR count). The first-order chi connectivity index (χ1) is 5.76. The number of hydrogen-bond acceptors (Lipinski definition) is 6. The molecule has 6 nitrogen and oxygen atoms in total. The van der Waals surface area contributed by atoms with Crippen molar-refractivity contribution in [1.82, 2.24) is 0 Å². The molecule has 12 heavy (non-hydrogen) atoms. The van der Waals surface area contributed by atoms with Crippen molar-refractivity contribution >= 4 is 0 Å². The number of hydrogen-bond donors (Lipinski definition) is 0. The highest BCUT2D eigenvalue weighted by Gasteiger charge is 2.21. The second kappa shape index (κ2) is 5.64. The van der Waals surface area contributed by atoms with Crippen LogP contribution in [0.2, 0.25) is 0 Å². The van der Waals surface area contributed by atoms with Crippen molar-refractivity contribution in [3.8, 4) is 18.8 Å². The van der Waals surface area contributed by atoms with E-state index >= 15 is 0 Å². The lowest BCUT2D eigenvalue weighted by atomic mass is 10.4. The fourth-order valence-corrected chi connectivity index (χ4v) is 0.458. The van der Waals surface area contributed by atoms with Gasteiger partial charge in [-0.1, -0.05) is 0 Å². The van der Waals surface area contributed by atoms with Crippen LogP contribution in [0.5, 0.6) is 0 Å². The average molecular weight is 167 g/mol. The van der Waals surface area contributed by atoms with E-state index in [0.717, 1.165) is 0 Å². The van der Waals surface area contributed by atoms with Gasteiger partial charge < -0.3 is 14.2 Å². The number of ether oxygens (including phenoxy) is 3. The summed E-state index contributed by atoms with van der Waals surface area (Å²) in [6.45, 7) is 1.43. The van der Waals surface area contributed by atoms with Gasteiger partial charge in [0.05, 0.1) is 0 Å². The molecular formula is C6H5N3O3. The summed E-state index contributed by atoms with van der Waals surface area (Å²) >= 11 is 0. The van der Waals surface area contributed by atoms with Crippen LogP contribution in [0.3, 0.4) is 0 Å². The molecule has 0 saturated heterocycles. The van der Waals surface area contributed by atoms with Gasteiger partial charge in [-0.2, -0.15) is 15.8 Å². The van der Waals surface area contributed by atoms with Crippen LogP contribution in [-0.2, 0) is 14.2 Å². The van der Waals surface area contributed by atoms with Crippen molar-refractivity contribution < 1.29 is 14.2 Å². The molecule has 0 aliphatic carbocycles. The number of rotatable bonds is 4. The standard InChI is InChI=1S/C6H5N3O3/c1-5(10-2-7)6(11-3-8)12-4-9/h5-6H,1H3. The summed E-state index contributed by atoms with van der Waals surface area (Å²) in [5, 5.41) is 24.2. The van der Waals surface area contributed by atoms with Crippen molar-refractivity contribution in [2.24, 2.45) is 0 Å². The van der Waals surface area contributed by atoms with Gasteiger partial charge in [-0.15, -0.1) is 0 Å². The molecule has 0 aliphatic heterocycles. The summed E-state index contributed by atoms with van der Waals surface area (Å²) < 4.78 is 12.9. The normalized spacial score (nSPS) is 10.2. The van der Waals surface area contributed by atoms with E-state index in [0.29, 0.717) is 0 Å². The van der Waals surface area contributed by atoms with Crippen LogP contribution in [0, 0.1) is 34.6 Å². The summed E-state index contributed by atoms with van der Waals surface area (Å²) in [6.07, 6.45) is 2.07. The van der Waals surface area contributed by atoms with Crippen molar-refractivity contribution in [2.45, 2.75) is 19.3 Å². The van der Waals surface area contributed by atoms with Gasteiger partial charge in [0.2, 0.25) is 0 Å². The molecule has 0 N–H and O–H groups in total. The van der Waals surface area contributed by atoms with E-state index in [1.54, 1.807) is 0 Å². The second-order valence-electron chi connectivity index (χ2n) is 1.70. The van der Waals surface area contributed by atoms with E-state index in [2.05, 4.69) is 14.2 Å². The zero-order valence-electron chi connectivity index (χ0n) is 6.22.